The first-order chi connectivity index (χ1) is 11.5. The smallest absolute Gasteiger partial charge is 0.191 e. The van der Waals surface area contributed by atoms with E-state index in [1.165, 1.54) is 9.88 Å². The summed E-state index contributed by atoms with van der Waals surface area (Å²) in [7, 11) is 0. The number of nitrogens with one attached hydrogen (secondary N) is 2. The Morgan fingerprint density at radius 2 is 1.88 bits per heavy atom. The van der Waals surface area contributed by atoms with Crippen LogP contribution in [0.4, 0.5) is 0 Å². The number of halogens is 1. The second-order valence-corrected chi connectivity index (χ2v) is 7.64. The summed E-state index contributed by atoms with van der Waals surface area (Å²) in [6.07, 6.45) is 4.00. The highest BCUT2D eigenvalue weighted by atomic mass is 127. The molecule has 0 spiro atoms. The number of aromatic nitrogens is 1. The highest BCUT2D eigenvalue weighted by Crippen LogP contribution is 2.13. The molecule has 25 heavy (non-hydrogen) atoms. The summed E-state index contributed by atoms with van der Waals surface area (Å²) in [6.45, 7) is 16.8. The summed E-state index contributed by atoms with van der Waals surface area (Å²) in [6, 6.07) is 1.10. The number of nitrogens with zero attached hydrogens (tertiary/aromatic N) is 3. The van der Waals surface area contributed by atoms with Crippen LogP contribution in [0.15, 0.2) is 11.2 Å². The molecule has 0 saturated heterocycles. The lowest BCUT2D eigenvalue weighted by Gasteiger charge is -2.29. The number of rotatable bonds is 10. The predicted octanol–water partition coefficient (Wildman–Crippen LogP) is 3.54. The average molecular weight is 481 g/mol. The molecule has 0 radical (unpaired) electrons. The summed E-state index contributed by atoms with van der Waals surface area (Å²) in [5, 5.41) is 7.93. The van der Waals surface area contributed by atoms with Crippen LogP contribution >= 0.6 is 35.3 Å². The van der Waals surface area contributed by atoms with Crippen LogP contribution in [0.25, 0.3) is 0 Å². The highest BCUT2D eigenvalue weighted by molar-refractivity contribution is 14.0. The quantitative estimate of drug-likeness (QED) is 0.305. The van der Waals surface area contributed by atoms with Gasteiger partial charge in [0.2, 0.25) is 0 Å². The monoisotopic (exact) mass is 481 g/mol. The van der Waals surface area contributed by atoms with Crippen LogP contribution < -0.4 is 10.6 Å². The van der Waals surface area contributed by atoms with Gasteiger partial charge in [-0.15, -0.1) is 35.3 Å². The fourth-order valence-corrected chi connectivity index (χ4v) is 3.51. The van der Waals surface area contributed by atoms with E-state index >= 15 is 0 Å². The zero-order valence-corrected chi connectivity index (χ0v) is 19.8. The van der Waals surface area contributed by atoms with Crippen LogP contribution in [0, 0.1) is 0 Å². The molecule has 0 unspecified atom stereocenters. The van der Waals surface area contributed by atoms with Gasteiger partial charge in [-0.05, 0) is 41.0 Å². The topological polar surface area (TPSA) is 52.6 Å². The number of hydrogen-bond donors (Lipinski definition) is 2. The van der Waals surface area contributed by atoms with Gasteiger partial charge in [-0.3, -0.25) is 9.89 Å². The molecule has 0 bridgehead atoms. The van der Waals surface area contributed by atoms with Crippen molar-refractivity contribution in [1.82, 2.24) is 20.5 Å². The van der Waals surface area contributed by atoms with E-state index in [1.54, 1.807) is 0 Å². The minimum Gasteiger partial charge on any atom is -0.357 e. The minimum atomic E-state index is 0. The molecule has 7 heteroatoms. The van der Waals surface area contributed by atoms with Crippen molar-refractivity contribution in [3.63, 3.8) is 0 Å². The van der Waals surface area contributed by atoms with Crippen molar-refractivity contribution in [2.45, 2.75) is 66.5 Å². The molecule has 1 rings (SSSR count). The lowest BCUT2D eigenvalue weighted by Crippen LogP contribution is -2.41. The third-order valence-electron chi connectivity index (χ3n) is 3.88. The molecule has 1 aromatic heterocycles. The summed E-state index contributed by atoms with van der Waals surface area (Å²) >= 11 is 1.81. The first-order valence-electron chi connectivity index (χ1n) is 9.19. The van der Waals surface area contributed by atoms with Gasteiger partial charge in [0.15, 0.2) is 5.96 Å². The van der Waals surface area contributed by atoms with Gasteiger partial charge in [0.1, 0.15) is 0 Å². The summed E-state index contributed by atoms with van der Waals surface area (Å²) < 4.78 is 0. The van der Waals surface area contributed by atoms with Crippen molar-refractivity contribution >= 4 is 41.3 Å². The molecule has 0 amide bonds. The molecular formula is C18H36IN5S. The Kier molecular flexibility index (Phi) is 13.5. The molecule has 2 N–H and O–H groups in total. The second-order valence-electron chi connectivity index (χ2n) is 6.44. The first-order valence-corrected chi connectivity index (χ1v) is 10.0. The van der Waals surface area contributed by atoms with Gasteiger partial charge in [0.05, 0.1) is 11.6 Å². The molecule has 0 aliphatic carbocycles. The van der Waals surface area contributed by atoms with E-state index in [-0.39, 0.29) is 24.0 Å². The number of aryl methyl sites for hydroxylation is 1. The molecule has 0 aromatic carbocycles. The largest absolute Gasteiger partial charge is 0.357 e. The molecule has 0 atom stereocenters. The normalized spacial score (nSPS) is 12.0. The van der Waals surface area contributed by atoms with Gasteiger partial charge in [-0.2, -0.15) is 0 Å². The Morgan fingerprint density at radius 3 is 2.40 bits per heavy atom. The SMILES string of the molecule is CCNC(=NCCN(C(C)C)C(C)C)NCCc1ncc(CC)s1.I. The predicted molar refractivity (Wildman–Crippen MR) is 122 cm³/mol. The van der Waals surface area contributed by atoms with E-state index in [0.717, 1.165) is 45.0 Å². The van der Waals surface area contributed by atoms with Crippen LogP contribution in [0.5, 0.6) is 0 Å². The standard InChI is InChI=1S/C18H35N5S.HI/c1-7-16-13-22-17(24-16)9-10-20-18(19-8-2)21-11-12-23(14(3)4)15(5)6;/h13-15H,7-12H2,1-6H3,(H2,19,20,21);1H. The van der Waals surface area contributed by atoms with E-state index in [2.05, 4.69) is 62.1 Å². The Morgan fingerprint density at radius 1 is 1.20 bits per heavy atom. The summed E-state index contributed by atoms with van der Waals surface area (Å²) in [5.74, 6) is 0.900. The minimum absolute atomic E-state index is 0. The number of hydrogen-bond acceptors (Lipinski definition) is 4. The molecule has 1 heterocycles. The molecule has 0 saturated carbocycles. The molecule has 0 aliphatic rings. The van der Waals surface area contributed by atoms with Crippen molar-refractivity contribution < 1.29 is 0 Å². The van der Waals surface area contributed by atoms with Gasteiger partial charge < -0.3 is 10.6 Å². The molecular weight excluding hydrogens is 445 g/mol. The maximum atomic E-state index is 4.71. The van der Waals surface area contributed by atoms with Crippen LogP contribution in [0.3, 0.4) is 0 Å². The van der Waals surface area contributed by atoms with Gasteiger partial charge in [-0.1, -0.05) is 6.92 Å². The number of guanidine groups is 1. The summed E-state index contributed by atoms with van der Waals surface area (Å²) in [5.41, 5.74) is 0. The average Bonchev–Trinajstić information content (AvgIpc) is 2.98. The van der Waals surface area contributed by atoms with Crippen molar-refractivity contribution in [3.8, 4) is 0 Å². The summed E-state index contributed by atoms with van der Waals surface area (Å²) in [4.78, 5) is 13.0. The van der Waals surface area contributed by atoms with Gasteiger partial charge in [0, 0.05) is 49.2 Å². The molecule has 0 aliphatic heterocycles. The van der Waals surface area contributed by atoms with Gasteiger partial charge >= 0.3 is 0 Å². The third kappa shape index (κ3) is 9.75. The van der Waals surface area contributed by atoms with Crippen LogP contribution in [-0.4, -0.2) is 54.1 Å². The fraction of sp³-hybridized carbons (Fsp3) is 0.778. The molecule has 146 valence electrons. The van der Waals surface area contributed by atoms with Crippen LogP contribution in [-0.2, 0) is 12.8 Å². The van der Waals surface area contributed by atoms with E-state index in [1.807, 2.05) is 17.5 Å². The Hall–Kier alpha value is -0.410. The van der Waals surface area contributed by atoms with Crippen LogP contribution in [0.2, 0.25) is 0 Å². The van der Waals surface area contributed by atoms with Gasteiger partial charge in [0.25, 0.3) is 0 Å². The lowest BCUT2D eigenvalue weighted by atomic mass is 10.2. The van der Waals surface area contributed by atoms with E-state index in [0.29, 0.717) is 12.1 Å². The van der Waals surface area contributed by atoms with E-state index in [9.17, 15) is 0 Å². The first kappa shape index (κ1) is 24.6. The zero-order valence-electron chi connectivity index (χ0n) is 16.6. The third-order valence-corrected chi connectivity index (χ3v) is 5.08. The fourth-order valence-electron chi connectivity index (χ4n) is 2.65. The molecule has 5 nitrogen and oxygen atoms in total. The Labute approximate surface area is 175 Å². The number of thiazole rings is 1. The highest BCUT2D eigenvalue weighted by Gasteiger charge is 2.12. The lowest BCUT2D eigenvalue weighted by molar-refractivity contribution is 0.181. The maximum absolute atomic E-state index is 4.71. The van der Waals surface area contributed by atoms with Crippen molar-refractivity contribution in [1.29, 1.82) is 0 Å². The van der Waals surface area contributed by atoms with Crippen molar-refractivity contribution in [2.75, 3.05) is 26.2 Å². The zero-order chi connectivity index (χ0) is 17.9. The van der Waals surface area contributed by atoms with E-state index < -0.39 is 0 Å². The maximum Gasteiger partial charge on any atom is 0.191 e. The Balaban J connectivity index is 0.00000576. The van der Waals surface area contributed by atoms with Crippen molar-refractivity contribution in [2.24, 2.45) is 4.99 Å². The van der Waals surface area contributed by atoms with Gasteiger partial charge in [-0.25, -0.2) is 4.98 Å². The molecule has 1 aromatic rings. The van der Waals surface area contributed by atoms with Crippen LogP contribution in [0.1, 0.15) is 51.4 Å². The molecule has 0 fully saturated rings. The number of aliphatic imine (C=N–C) groups is 1. The second kappa shape index (κ2) is 13.7. The van der Waals surface area contributed by atoms with E-state index in [4.69, 9.17) is 4.99 Å². The van der Waals surface area contributed by atoms with Crippen molar-refractivity contribution in [3.05, 3.63) is 16.1 Å². The Bertz CT molecular complexity index is 480.